The number of nitrogens with zero attached hydrogens (tertiary/aromatic N) is 3. The Morgan fingerprint density at radius 2 is 1.73 bits per heavy atom. The van der Waals surface area contributed by atoms with E-state index in [1.807, 2.05) is 24.3 Å². The van der Waals surface area contributed by atoms with Gasteiger partial charge in [-0.1, -0.05) is 36.7 Å². The Kier molecular flexibility index (Phi) is 6.71. The first-order chi connectivity index (χ1) is 14.5. The van der Waals surface area contributed by atoms with Crippen LogP contribution in [-0.4, -0.2) is 62.2 Å². The standard InChI is InChI=1S/C24H28ClN3OS/c1-18-16-28(21-9-7-20(25)8-10-21)23(17-29)24(30-18)15-19-5-3-4-6-22(19)27-13-11-26(2)12-14-27/h3-10,15,17-18,23H,11-14,16H2,1-2H3. The fourth-order valence-corrected chi connectivity index (χ4v) is 5.48. The van der Waals surface area contributed by atoms with Crippen LogP contribution < -0.4 is 9.80 Å². The maximum absolute atomic E-state index is 12.2. The predicted molar refractivity (Wildman–Crippen MR) is 130 cm³/mol. The molecule has 0 bridgehead atoms. The molecule has 2 heterocycles. The highest BCUT2D eigenvalue weighted by atomic mass is 35.5. The molecule has 2 saturated heterocycles. The van der Waals surface area contributed by atoms with Gasteiger partial charge < -0.3 is 19.5 Å². The maximum Gasteiger partial charge on any atom is 0.147 e. The third kappa shape index (κ3) is 4.69. The molecule has 2 atom stereocenters. The van der Waals surface area contributed by atoms with Gasteiger partial charge >= 0.3 is 0 Å². The molecule has 4 rings (SSSR count). The van der Waals surface area contributed by atoms with E-state index in [9.17, 15) is 4.79 Å². The average Bonchev–Trinajstić information content (AvgIpc) is 2.75. The van der Waals surface area contributed by atoms with Crippen LogP contribution in [0.4, 0.5) is 11.4 Å². The number of aldehydes is 1. The lowest BCUT2D eigenvalue weighted by Crippen LogP contribution is -2.45. The summed E-state index contributed by atoms with van der Waals surface area (Å²) in [4.78, 5) is 20.3. The first kappa shape index (κ1) is 21.3. The van der Waals surface area contributed by atoms with Gasteiger partial charge in [0.05, 0.1) is 0 Å². The molecule has 30 heavy (non-hydrogen) atoms. The third-order valence-corrected chi connectivity index (χ3v) is 7.22. The molecule has 0 radical (unpaired) electrons. The topological polar surface area (TPSA) is 26.8 Å². The average molecular weight is 442 g/mol. The van der Waals surface area contributed by atoms with Crippen LogP contribution in [0.25, 0.3) is 6.08 Å². The van der Waals surface area contributed by atoms with Gasteiger partial charge in [0.2, 0.25) is 0 Å². The summed E-state index contributed by atoms with van der Waals surface area (Å²) in [7, 11) is 2.17. The molecule has 158 valence electrons. The van der Waals surface area contributed by atoms with Gasteiger partial charge in [0.15, 0.2) is 0 Å². The molecule has 2 aromatic rings. The van der Waals surface area contributed by atoms with Gasteiger partial charge in [-0.05, 0) is 49.0 Å². The second-order valence-electron chi connectivity index (χ2n) is 8.03. The second-order valence-corrected chi connectivity index (χ2v) is 9.98. The lowest BCUT2D eigenvalue weighted by atomic mass is 10.1. The summed E-state index contributed by atoms with van der Waals surface area (Å²) < 4.78 is 0. The number of carbonyl (C=O) groups is 1. The van der Waals surface area contributed by atoms with E-state index < -0.39 is 0 Å². The Morgan fingerprint density at radius 3 is 2.43 bits per heavy atom. The number of rotatable bonds is 4. The molecule has 0 saturated carbocycles. The highest BCUT2D eigenvalue weighted by molar-refractivity contribution is 8.04. The van der Waals surface area contributed by atoms with Crippen molar-refractivity contribution in [2.45, 2.75) is 18.2 Å². The minimum atomic E-state index is -0.284. The van der Waals surface area contributed by atoms with Crippen molar-refractivity contribution >= 4 is 47.1 Å². The lowest BCUT2D eigenvalue weighted by Gasteiger charge is -2.39. The predicted octanol–water partition coefficient (Wildman–Crippen LogP) is 4.64. The van der Waals surface area contributed by atoms with Crippen molar-refractivity contribution in [1.82, 2.24) is 4.90 Å². The zero-order valence-electron chi connectivity index (χ0n) is 17.5. The van der Waals surface area contributed by atoms with E-state index in [1.54, 1.807) is 11.8 Å². The molecule has 2 aliphatic rings. The van der Waals surface area contributed by atoms with Crippen molar-refractivity contribution in [3.63, 3.8) is 0 Å². The van der Waals surface area contributed by atoms with Gasteiger partial charge in [-0.2, -0.15) is 0 Å². The summed E-state index contributed by atoms with van der Waals surface area (Å²) in [6.45, 7) is 7.22. The number of benzene rings is 2. The molecule has 0 aromatic heterocycles. The Balaban J connectivity index is 1.67. The molecular weight excluding hydrogens is 414 g/mol. The number of anilines is 2. The molecule has 2 unspecified atom stereocenters. The molecule has 0 amide bonds. The van der Waals surface area contributed by atoms with E-state index in [0.29, 0.717) is 10.3 Å². The van der Waals surface area contributed by atoms with E-state index in [0.717, 1.165) is 49.6 Å². The van der Waals surface area contributed by atoms with E-state index >= 15 is 0 Å². The SMILES string of the molecule is CC1CN(c2ccc(Cl)cc2)C(C=O)C(=Cc2ccccc2N2CCN(C)CC2)S1. The molecule has 2 aliphatic heterocycles. The molecule has 6 heteroatoms. The van der Waals surface area contributed by atoms with Gasteiger partial charge in [0, 0.05) is 59.3 Å². The van der Waals surface area contributed by atoms with Crippen molar-refractivity contribution in [3.05, 3.63) is 64.0 Å². The minimum absolute atomic E-state index is 0.284. The van der Waals surface area contributed by atoms with Crippen LogP contribution >= 0.6 is 23.4 Å². The molecular formula is C24H28ClN3OS. The van der Waals surface area contributed by atoms with Crippen LogP contribution in [-0.2, 0) is 4.79 Å². The fraction of sp³-hybridized carbons (Fsp3) is 0.375. The number of hydrogen-bond donors (Lipinski definition) is 0. The molecule has 2 aromatic carbocycles. The fourth-order valence-electron chi connectivity index (χ4n) is 4.14. The summed E-state index contributed by atoms with van der Waals surface area (Å²) in [5.74, 6) is 0. The van der Waals surface area contributed by atoms with Crippen molar-refractivity contribution in [2.75, 3.05) is 49.6 Å². The van der Waals surface area contributed by atoms with Gasteiger partial charge in [-0.3, -0.25) is 0 Å². The van der Waals surface area contributed by atoms with Crippen LogP contribution in [0.5, 0.6) is 0 Å². The van der Waals surface area contributed by atoms with Crippen LogP contribution in [0, 0.1) is 0 Å². The molecule has 0 aliphatic carbocycles. The summed E-state index contributed by atoms with van der Waals surface area (Å²) in [5.41, 5.74) is 3.46. The summed E-state index contributed by atoms with van der Waals surface area (Å²) in [6.07, 6.45) is 3.29. The molecule has 0 spiro atoms. The van der Waals surface area contributed by atoms with Crippen LogP contribution in [0.2, 0.25) is 5.02 Å². The number of likely N-dealkylation sites (N-methyl/N-ethyl adjacent to an activating group) is 1. The Labute approximate surface area is 188 Å². The maximum atomic E-state index is 12.2. The largest absolute Gasteiger partial charge is 0.368 e. The third-order valence-electron chi connectivity index (χ3n) is 5.78. The number of para-hydroxylation sites is 1. The quantitative estimate of drug-likeness (QED) is 0.644. The van der Waals surface area contributed by atoms with Crippen LogP contribution in [0.1, 0.15) is 12.5 Å². The monoisotopic (exact) mass is 441 g/mol. The van der Waals surface area contributed by atoms with Crippen molar-refractivity contribution < 1.29 is 4.79 Å². The van der Waals surface area contributed by atoms with Gasteiger partial charge in [-0.15, -0.1) is 11.8 Å². The normalized spacial score (nSPS) is 24.3. The lowest BCUT2D eigenvalue weighted by molar-refractivity contribution is -0.108. The van der Waals surface area contributed by atoms with Crippen LogP contribution in [0.15, 0.2) is 53.4 Å². The Morgan fingerprint density at radius 1 is 1.03 bits per heavy atom. The minimum Gasteiger partial charge on any atom is -0.368 e. The number of hydrogen-bond acceptors (Lipinski definition) is 5. The highest BCUT2D eigenvalue weighted by Crippen LogP contribution is 2.38. The van der Waals surface area contributed by atoms with Crippen molar-refractivity contribution in [1.29, 1.82) is 0 Å². The summed E-state index contributed by atoms with van der Waals surface area (Å²) in [6, 6.07) is 16.0. The van der Waals surface area contributed by atoms with Crippen LogP contribution in [0.3, 0.4) is 0 Å². The van der Waals surface area contributed by atoms with E-state index in [-0.39, 0.29) is 6.04 Å². The van der Waals surface area contributed by atoms with Crippen molar-refractivity contribution in [3.8, 4) is 0 Å². The van der Waals surface area contributed by atoms with E-state index in [2.05, 4.69) is 59.0 Å². The number of thioether (sulfide) groups is 1. The summed E-state index contributed by atoms with van der Waals surface area (Å²) in [5, 5.41) is 1.09. The van der Waals surface area contributed by atoms with E-state index in [1.165, 1.54) is 11.3 Å². The van der Waals surface area contributed by atoms with Crippen molar-refractivity contribution in [2.24, 2.45) is 0 Å². The molecule has 0 N–H and O–H groups in total. The smallest absolute Gasteiger partial charge is 0.147 e. The Bertz CT molecular complexity index is 909. The number of piperazine rings is 1. The first-order valence-corrected chi connectivity index (χ1v) is 11.7. The second kappa shape index (κ2) is 9.46. The zero-order valence-corrected chi connectivity index (χ0v) is 19.1. The number of halogens is 1. The summed E-state index contributed by atoms with van der Waals surface area (Å²) >= 11 is 7.88. The first-order valence-electron chi connectivity index (χ1n) is 10.4. The number of carbonyl (C=O) groups excluding carboxylic acids is 1. The highest BCUT2D eigenvalue weighted by Gasteiger charge is 2.31. The molecule has 2 fully saturated rings. The molecule has 4 nitrogen and oxygen atoms in total. The van der Waals surface area contributed by atoms with Gasteiger partial charge in [0.25, 0.3) is 0 Å². The van der Waals surface area contributed by atoms with E-state index in [4.69, 9.17) is 11.6 Å². The Hall–Kier alpha value is -1.95. The van der Waals surface area contributed by atoms with Gasteiger partial charge in [0.1, 0.15) is 12.3 Å². The van der Waals surface area contributed by atoms with Gasteiger partial charge in [-0.25, -0.2) is 0 Å². The zero-order chi connectivity index (χ0) is 21.1.